The van der Waals surface area contributed by atoms with Gasteiger partial charge in [-0.2, -0.15) is 13.2 Å². The molecule has 3 aromatic rings. The van der Waals surface area contributed by atoms with E-state index >= 15 is 0 Å². The molecule has 0 saturated carbocycles. The number of nitrogens with one attached hydrogen (secondary N) is 1. The summed E-state index contributed by atoms with van der Waals surface area (Å²) in [6.07, 6.45) is -4.32. The third kappa shape index (κ3) is 4.48. The van der Waals surface area contributed by atoms with Gasteiger partial charge in [-0.05, 0) is 42.0 Å². The molecule has 0 aliphatic carbocycles. The van der Waals surface area contributed by atoms with Crippen LogP contribution >= 0.6 is 15.9 Å². The van der Waals surface area contributed by atoms with Gasteiger partial charge in [-0.3, -0.25) is 9.69 Å². The Bertz CT molecular complexity index is 1020. The number of hydrogen-bond donors (Lipinski definition) is 1. The van der Waals surface area contributed by atoms with Crippen LogP contribution in [0.25, 0.3) is 10.9 Å². The number of amides is 1. The number of carbonyl (C=O) groups is 1. The molecule has 1 aliphatic rings. The minimum absolute atomic E-state index is 0.0356. The number of aromatic nitrogens is 1. The first-order chi connectivity index (χ1) is 13.8. The molecule has 2 heterocycles. The number of halogens is 4. The van der Waals surface area contributed by atoms with Gasteiger partial charge in [-0.25, -0.2) is 0 Å². The molecule has 4 nitrogen and oxygen atoms in total. The summed E-state index contributed by atoms with van der Waals surface area (Å²) in [6, 6.07) is 12.9. The van der Waals surface area contributed by atoms with Crippen LogP contribution < -0.4 is 0 Å². The first-order valence-electron chi connectivity index (χ1n) is 9.26. The van der Waals surface area contributed by atoms with Gasteiger partial charge < -0.3 is 9.88 Å². The van der Waals surface area contributed by atoms with Gasteiger partial charge in [0, 0.05) is 48.1 Å². The second-order valence-electron chi connectivity index (χ2n) is 7.18. The fourth-order valence-electron chi connectivity index (χ4n) is 3.56. The van der Waals surface area contributed by atoms with Crippen LogP contribution in [0.15, 0.2) is 53.0 Å². The maximum absolute atomic E-state index is 12.8. The van der Waals surface area contributed by atoms with E-state index in [0.717, 1.165) is 33.1 Å². The molecule has 4 rings (SSSR count). The van der Waals surface area contributed by atoms with Gasteiger partial charge in [-0.1, -0.05) is 28.1 Å². The van der Waals surface area contributed by atoms with E-state index < -0.39 is 11.7 Å². The topological polar surface area (TPSA) is 39.3 Å². The monoisotopic (exact) mass is 465 g/mol. The number of benzene rings is 2. The van der Waals surface area contributed by atoms with E-state index in [1.165, 1.54) is 12.1 Å². The van der Waals surface area contributed by atoms with Crippen molar-refractivity contribution in [2.24, 2.45) is 0 Å². The minimum Gasteiger partial charge on any atom is -0.351 e. The molecule has 0 unspecified atom stereocenters. The summed E-state index contributed by atoms with van der Waals surface area (Å²) in [7, 11) is 0. The second kappa shape index (κ2) is 7.84. The average Bonchev–Trinajstić information content (AvgIpc) is 3.11. The molecule has 0 bridgehead atoms. The highest BCUT2D eigenvalue weighted by molar-refractivity contribution is 9.10. The van der Waals surface area contributed by atoms with Gasteiger partial charge in [0.2, 0.25) is 0 Å². The number of piperazine rings is 1. The van der Waals surface area contributed by atoms with Crippen molar-refractivity contribution in [2.75, 3.05) is 26.2 Å². The Labute approximate surface area is 174 Å². The third-order valence-corrected chi connectivity index (χ3v) is 5.65. The smallest absolute Gasteiger partial charge is 0.351 e. The molecular formula is C21H19BrF3N3O. The summed E-state index contributed by atoms with van der Waals surface area (Å²) in [5, 5.41) is 0.976. The van der Waals surface area contributed by atoms with Crippen LogP contribution in [0.2, 0.25) is 0 Å². The van der Waals surface area contributed by atoms with Crippen LogP contribution in [0.3, 0.4) is 0 Å². The number of H-pyrrole nitrogens is 1. The maximum Gasteiger partial charge on any atom is 0.416 e. The first-order valence-corrected chi connectivity index (χ1v) is 10.0. The summed E-state index contributed by atoms with van der Waals surface area (Å²) < 4.78 is 39.0. The quantitative estimate of drug-likeness (QED) is 0.596. The molecule has 1 saturated heterocycles. The molecule has 1 N–H and O–H groups in total. The highest BCUT2D eigenvalue weighted by atomic mass is 79.9. The van der Waals surface area contributed by atoms with Crippen LogP contribution in [0.4, 0.5) is 13.2 Å². The van der Waals surface area contributed by atoms with E-state index in [-0.39, 0.29) is 5.91 Å². The van der Waals surface area contributed by atoms with Crippen LogP contribution in [-0.4, -0.2) is 46.9 Å². The molecular weight excluding hydrogens is 447 g/mol. The van der Waals surface area contributed by atoms with Crippen LogP contribution in [0.5, 0.6) is 0 Å². The van der Waals surface area contributed by atoms with E-state index in [1.54, 1.807) is 0 Å². The number of fused-ring (bicyclic) bond motifs is 1. The fraction of sp³-hybridized carbons (Fsp3) is 0.286. The zero-order valence-corrected chi connectivity index (χ0v) is 17.1. The molecule has 1 aliphatic heterocycles. The lowest BCUT2D eigenvalue weighted by atomic mass is 10.1. The second-order valence-corrected chi connectivity index (χ2v) is 8.09. The van der Waals surface area contributed by atoms with Gasteiger partial charge in [0.1, 0.15) is 5.69 Å². The van der Waals surface area contributed by atoms with Gasteiger partial charge in [-0.15, -0.1) is 0 Å². The molecule has 1 aromatic heterocycles. The van der Waals surface area contributed by atoms with E-state index in [0.29, 0.717) is 38.4 Å². The molecule has 152 valence electrons. The molecule has 0 radical (unpaired) electrons. The van der Waals surface area contributed by atoms with Crippen molar-refractivity contribution >= 4 is 32.7 Å². The number of hydrogen-bond acceptors (Lipinski definition) is 2. The van der Waals surface area contributed by atoms with Crippen molar-refractivity contribution in [1.82, 2.24) is 14.8 Å². The van der Waals surface area contributed by atoms with Gasteiger partial charge in [0.05, 0.1) is 5.56 Å². The van der Waals surface area contributed by atoms with Crippen molar-refractivity contribution in [2.45, 2.75) is 12.7 Å². The first kappa shape index (κ1) is 20.0. The van der Waals surface area contributed by atoms with Gasteiger partial charge in [0.15, 0.2) is 0 Å². The number of nitrogens with zero attached hydrogens (tertiary/aromatic N) is 2. The van der Waals surface area contributed by atoms with Crippen LogP contribution in [-0.2, 0) is 12.7 Å². The molecule has 1 fully saturated rings. The highest BCUT2D eigenvalue weighted by Gasteiger charge is 2.30. The molecule has 2 aromatic carbocycles. The predicted octanol–water partition coefficient (Wildman–Crippen LogP) is 4.91. The SMILES string of the molecule is O=C(c1cc2cc(Br)ccc2[nH]1)N1CCN(Cc2ccc(C(F)(F)F)cc2)CC1. The number of alkyl halides is 3. The zero-order chi connectivity index (χ0) is 20.6. The van der Waals surface area contributed by atoms with Crippen molar-refractivity contribution < 1.29 is 18.0 Å². The molecule has 29 heavy (non-hydrogen) atoms. The van der Waals surface area contributed by atoms with Crippen LogP contribution in [0.1, 0.15) is 21.6 Å². The Balaban J connectivity index is 1.35. The molecule has 0 atom stereocenters. The Morgan fingerprint density at radius 1 is 1.00 bits per heavy atom. The number of aromatic amines is 1. The van der Waals surface area contributed by atoms with E-state index in [2.05, 4.69) is 25.8 Å². The fourth-order valence-corrected chi connectivity index (χ4v) is 3.93. The standard InChI is InChI=1S/C21H19BrF3N3O/c22-17-5-6-18-15(11-17)12-19(26-18)20(29)28-9-7-27(8-10-28)13-14-1-3-16(4-2-14)21(23,24)25/h1-6,11-12,26H,7-10,13H2. The normalized spacial score (nSPS) is 15.8. The van der Waals surface area contributed by atoms with Gasteiger partial charge in [0.25, 0.3) is 5.91 Å². The number of rotatable bonds is 3. The van der Waals surface area contributed by atoms with E-state index in [4.69, 9.17) is 0 Å². The Kier molecular flexibility index (Phi) is 5.40. The Hall–Kier alpha value is -2.32. The highest BCUT2D eigenvalue weighted by Crippen LogP contribution is 2.29. The van der Waals surface area contributed by atoms with Crippen LogP contribution in [0, 0.1) is 0 Å². The van der Waals surface area contributed by atoms with Crippen molar-refractivity contribution in [3.05, 3.63) is 69.8 Å². The largest absolute Gasteiger partial charge is 0.416 e. The Morgan fingerprint density at radius 2 is 1.69 bits per heavy atom. The summed E-state index contributed by atoms with van der Waals surface area (Å²) in [5.41, 5.74) is 1.67. The van der Waals surface area contributed by atoms with Crippen molar-refractivity contribution in [3.8, 4) is 0 Å². The van der Waals surface area contributed by atoms with E-state index in [1.807, 2.05) is 29.2 Å². The third-order valence-electron chi connectivity index (χ3n) is 5.16. The predicted molar refractivity (Wildman–Crippen MR) is 109 cm³/mol. The lowest BCUT2D eigenvalue weighted by molar-refractivity contribution is -0.137. The van der Waals surface area contributed by atoms with E-state index in [9.17, 15) is 18.0 Å². The zero-order valence-electron chi connectivity index (χ0n) is 15.5. The molecule has 0 spiro atoms. The van der Waals surface area contributed by atoms with Crippen molar-refractivity contribution in [1.29, 1.82) is 0 Å². The number of carbonyl (C=O) groups excluding carboxylic acids is 1. The molecule has 1 amide bonds. The lowest BCUT2D eigenvalue weighted by Gasteiger charge is -2.34. The van der Waals surface area contributed by atoms with Crippen molar-refractivity contribution in [3.63, 3.8) is 0 Å². The average molecular weight is 466 g/mol. The molecule has 8 heteroatoms. The summed E-state index contributed by atoms with van der Waals surface area (Å²) in [4.78, 5) is 19.9. The minimum atomic E-state index is -4.32. The maximum atomic E-state index is 12.8. The summed E-state index contributed by atoms with van der Waals surface area (Å²) in [5.74, 6) is -0.0356. The summed E-state index contributed by atoms with van der Waals surface area (Å²) in [6.45, 7) is 3.09. The summed E-state index contributed by atoms with van der Waals surface area (Å²) >= 11 is 3.43. The van der Waals surface area contributed by atoms with Gasteiger partial charge >= 0.3 is 6.18 Å². The lowest BCUT2D eigenvalue weighted by Crippen LogP contribution is -2.48. The Morgan fingerprint density at radius 3 is 2.34 bits per heavy atom.